The van der Waals surface area contributed by atoms with E-state index < -0.39 is 0 Å². The Bertz CT molecular complexity index is 832. The first-order chi connectivity index (χ1) is 11.8. The second kappa shape index (κ2) is 6.79. The molecule has 0 atom stereocenters. The first-order valence-corrected chi connectivity index (χ1v) is 8.38. The van der Waals surface area contributed by atoms with Crippen LogP contribution >= 0.6 is 0 Å². The summed E-state index contributed by atoms with van der Waals surface area (Å²) in [4.78, 5) is 28.8. The summed E-state index contributed by atoms with van der Waals surface area (Å²) in [6, 6.07) is 2.89. The average Bonchev–Trinajstić information content (AvgIpc) is 2.81. The molecule has 2 aromatic rings. The molecule has 0 aliphatic heterocycles. The van der Waals surface area contributed by atoms with E-state index in [0.717, 1.165) is 31.0 Å². The molecule has 0 saturated heterocycles. The molecule has 25 heavy (non-hydrogen) atoms. The molecule has 0 unspecified atom stereocenters. The second-order valence-corrected chi connectivity index (χ2v) is 7.02. The molecule has 1 aliphatic carbocycles. The van der Waals surface area contributed by atoms with E-state index in [4.69, 9.17) is 0 Å². The summed E-state index contributed by atoms with van der Waals surface area (Å²) in [7, 11) is 5.98. The van der Waals surface area contributed by atoms with Crippen molar-refractivity contribution in [3.8, 4) is 0 Å². The summed E-state index contributed by atoms with van der Waals surface area (Å²) in [6.07, 6.45) is 1.66. The van der Waals surface area contributed by atoms with Gasteiger partial charge in [-0.25, -0.2) is 0 Å². The third-order valence-electron chi connectivity index (χ3n) is 4.52. The van der Waals surface area contributed by atoms with Crippen LogP contribution in [0.1, 0.15) is 46.6 Å². The summed E-state index contributed by atoms with van der Waals surface area (Å²) >= 11 is 0. The third kappa shape index (κ3) is 3.79. The molecule has 2 heterocycles. The Morgan fingerprint density at radius 1 is 1.36 bits per heavy atom. The van der Waals surface area contributed by atoms with Crippen molar-refractivity contribution >= 4 is 5.91 Å². The molecule has 1 saturated carbocycles. The molecule has 0 spiro atoms. The molecular formula is C17H24N6O2. The van der Waals surface area contributed by atoms with E-state index >= 15 is 0 Å². The van der Waals surface area contributed by atoms with Gasteiger partial charge in [0.2, 0.25) is 0 Å². The zero-order valence-corrected chi connectivity index (χ0v) is 15.0. The SMILES string of the molecule is Cc1cc(=O)cc(C(=O)NC2CC(c3nnc(CN(C)C)n3C)C2)[nH]1. The Kier molecular flexibility index (Phi) is 4.71. The molecule has 8 nitrogen and oxygen atoms in total. The zero-order valence-electron chi connectivity index (χ0n) is 15.0. The fourth-order valence-corrected chi connectivity index (χ4v) is 3.17. The van der Waals surface area contributed by atoms with Gasteiger partial charge in [0.05, 0.1) is 6.54 Å². The van der Waals surface area contributed by atoms with Crippen LogP contribution in [0.4, 0.5) is 0 Å². The fraction of sp³-hybridized carbons (Fsp3) is 0.529. The molecule has 1 aliphatic rings. The maximum absolute atomic E-state index is 12.3. The molecular weight excluding hydrogens is 320 g/mol. The highest BCUT2D eigenvalue weighted by atomic mass is 16.2. The van der Waals surface area contributed by atoms with E-state index in [1.54, 1.807) is 6.92 Å². The van der Waals surface area contributed by atoms with Gasteiger partial charge in [0.15, 0.2) is 5.43 Å². The fourth-order valence-electron chi connectivity index (χ4n) is 3.17. The van der Waals surface area contributed by atoms with Crippen LogP contribution in [0, 0.1) is 6.92 Å². The number of nitrogens with one attached hydrogen (secondary N) is 2. The lowest BCUT2D eigenvalue weighted by atomic mass is 9.79. The maximum Gasteiger partial charge on any atom is 0.268 e. The summed E-state index contributed by atoms with van der Waals surface area (Å²) in [6.45, 7) is 2.51. The standard InChI is InChI=1S/C17H24N6O2/c1-10-5-13(24)8-14(18-10)17(25)19-12-6-11(7-12)16-21-20-15(23(16)4)9-22(2)3/h5,8,11-12H,6-7,9H2,1-4H3,(H,18,24)(H,19,25). The molecule has 0 aromatic carbocycles. The van der Waals surface area contributed by atoms with Crippen LogP contribution in [0.3, 0.4) is 0 Å². The van der Waals surface area contributed by atoms with Crippen molar-refractivity contribution in [3.05, 3.63) is 45.4 Å². The molecule has 2 N–H and O–H groups in total. The largest absolute Gasteiger partial charge is 0.354 e. The normalized spacial score (nSPS) is 19.7. The van der Waals surface area contributed by atoms with Gasteiger partial charge in [0, 0.05) is 36.8 Å². The van der Waals surface area contributed by atoms with Crippen molar-refractivity contribution < 1.29 is 4.79 Å². The number of carbonyl (C=O) groups is 1. The highest BCUT2D eigenvalue weighted by Gasteiger charge is 2.35. The second-order valence-electron chi connectivity index (χ2n) is 7.02. The zero-order chi connectivity index (χ0) is 18.1. The lowest BCUT2D eigenvalue weighted by Crippen LogP contribution is -2.44. The van der Waals surface area contributed by atoms with Gasteiger partial charge < -0.3 is 19.8 Å². The summed E-state index contributed by atoms with van der Waals surface area (Å²) in [5, 5.41) is 11.5. The highest BCUT2D eigenvalue weighted by Crippen LogP contribution is 2.36. The highest BCUT2D eigenvalue weighted by molar-refractivity contribution is 5.92. The number of hydrogen-bond donors (Lipinski definition) is 2. The monoisotopic (exact) mass is 344 g/mol. The van der Waals surface area contributed by atoms with E-state index in [2.05, 4.69) is 25.4 Å². The number of aromatic nitrogens is 4. The Morgan fingerprint density at radius 2 is 2.08 bits per heavy atom. The number of pyridine rings is 1. The first-order valence-electron chi connectivity index (χ1n) is 8.38. The maximum atomic E-state index is 12.3. The van der Waals surface area contributed by atoms with Crippen molar-refractivity contribution in [2.45, 2.75) is 38.3 Å². The Morgan fingerprint density at radius 3 is 2.72 bits per heavy atom. The van der Waals surface area contributed by atoms with Gasteiger partial charge in [-0.2, -0.15) is 0 Å². The number of hydrogen-bond acceptors (Lipinski definition) is 5. The minimum absolute atomic E-state index is 0.0931. The van der Waals surface area contributed by atoms with Crippen LogP contribution in [-0.2, 0) is 13.6 Å². The van der Waals surface area contributed by atoms with E-state index in [-0.39, 0.29) is 17.4 Å². The number of aryl methyl sites for hydroxylation is 1. The molecule has 134 valence electrons. The van der Waals surface area contributed by atoms with Crippen LogP contribution in [0.15, 0.2) is 16.9 Å². The lowest BCUT2D eigenvalue weighted by molar-refractivity contribution is 0.0901. The summed E-state index contributed by atoms with van der Waals surface area (Å²) in [5.74, 6) is 1.96. The van der Waals surface area contributed by atoms with Gasteiger partial charge in [0.25, 0.3) is 5.91 Å². The van der Waals surface area contributed by atoms with Gasteiger partial charge >= 0.3 is 0 Å². The van der Waals surface area contributed by atoms with Gasteiger partial charge in [-0.15, -0.1) is 10.2 Å². The number of rotatable bonds is 5. The number of H-pyrrole nitrogens is 1. The van der Waals surface area contributed by atoms with Crippen molar-refractivity contribution in [1.29, 1.82) is 0 Å². The van der Waals surface area contributed by atoms with Crippen molar-refractivity contribution in [3.63, 3.8) is 0 Å². The van der Waals surface area contributed by atoms with Crippen molar-refractivity contribution in [1.82, 2.24) is 30.0 Å². The van der Waals surface area contributed by atoms with E-state index in [0.29, 0.717) is 17.3 Å². The molecule has 8 heteroatoms. The Balaban J connectivity index is 1.58. The lowest BCUT2D eigenvalue weighted by Gasteiger charge is -2.35. The first kappa shape index (κ1) is 17.3. The summed E-state index contributed by atoms with van der Waals surface area (Å²) < 4.78 is 2.04. The molecule has 0 radical (unpaired) electrons. The van der Waals surface area contributed by atoms with Crippen molar-refractivity contribution in [2.24, 2.45) is 7.05 Å². The van der Waals surface area contributed by atoms with Gasteiger partial charge in [-0.05, 0) is 33.9 Å². The van der Waals surface area contributed by atoms with E-state index in [1.807, 2.05) is 25.7 Å². The van der Waals surface area contributed by atoms with Crippen LogP contribution < -0.4 is 10.7 Å². The number of aromatic amines is 1. The third-order valence-corrected chi connectivity index (χ3v) is 4.52. The van der Waals surface area contributed by atoms with Gasteiger partial charge in [-0.3, -0.25) is 9.59 Å². The molecule has 3 rings (SSSR count). The van der Waals surface area contributed by atoms with Crippen LogP contribution in [0.5, 0.6) is 0 Å². The quantitative estimate of drug-likeness (QED) is 0.826. The smallest absolute Gasteiger partial charge is 0.268 e. The average molecular weight is 344 g/mol. The topological polar surface area (TPSA) is 95.9 Å². The summed E-state index contributed by atoms with van der Waals surface area (Å²) in [5.41, 5.74) is 0.817. The van der Waals surface area contributed by atoms with Crippen molar-refractivity contribution in [2.75, 3.05) is 14.1 Å². The molecule has 0 bridgehead atoms. The van der Waals surface area contributed by atoms with E-state index in [9.17, 15) is 9.59 Å². The number of amides is 1. The van der Waals surface area contributed by atoms with E-state index in [1.165, 1.54) is 12.1 Å². The van der Waals surface area contributed by atoms with Gasteiger partial charge in [0.1, 0.15) is 17.3 Å². The molecule has 1 amide bonds. The number of carbonyl (C=O) groups excluding carboxylic acids is 1. The van der Waals surface area contributed by atoms with Gasteiger partial charge in [-0.1, -0.05) is 0 Å². The number of nitrogens with zero attached hydrogens (tertiary/aromatic N) is 4. The Hall–Kier alpha value is -2.48. The minimum atomic E-state index is -0.240. The van der Waals surface area contributed by atoms with Crippen LogP contribution in [-0.4, -0.2) is 50.7 Å². The van der Waals surface area contributed by atoms with Crippen LogP contribution in [0.2, 0.25) is 0 Å². The molecule has 1 fully saturated rings. The predicted molar refractivity (Wildman–Crippen MR) is 93.4 cm³/mol. The Labute approximate surface area is 146 Å². The molecule has 2 aromatic heterocycles. The predicted octanol–water partition coefficient (Wildman–Crippen LogP) is 0.549. The van der Waals surface area contributed by atoms with Crippen LogP contribution in [0.25, 0.3) is 0 Å². The minimum Gasteiger partial charge on any atom is -0.354 e.